The van der Waals surface area contributed by atoms with Gasteiger partial charge >= 0.3 is 0 Å². The van der Waals surface area contributed by atoms with Crippen LogP contribution in [-0.4, -0.2) is 23.1 Å². The minimum atomic E-state index is 0.433. The molecular weight excluding hydrogens is 254 g/mol. The van der Waals surface area contributed by atoms with E-state index >= 15 is 0 Å². The van der Waals surface area contributed by atoms with Crippen molar-refractivity contribution in [1.29, 1.82) is 0 Å². The summed E-state index contributed by atoms with van der Waals surface area (Å²) in [6.45, 7) is 12.6. The summed E-state index contributed by atoms with van der Waals surface area (Å²) in [7, 11) is 0. The number of nitrogens with two attached hydrogens (primary N) is 1. The zero-order valence-corrected chi connectivity index (χ0v) is 13.5. The number of hydrogen-bond acceptors (Lipinski definition) is 3. The Morgan fingerprint density at radius 3 is 2.53 bits per heavy atom. The van der Waals surface area contributed by atoms with Crippen molar-refractivity contribution >= 4 is 23.0 Å². The second kappa shape index (κ2) is 6.85. The molecule has 1 atom stereocenters. The van der Waals surface area contributed by atoms with E-state index < -0.39 is 0 Å². The van der Waals surface area contributed by atoms with E-state index in [9.17, 15) is 0 Å². The molecule has 19 heavy (non-hydrogen) atoms. The highest BCUT2D eigenvalue weighted by atomic mass is 32.1. The van der Waals surface area contributed by atoms with E-state index in [-0.39, 0.29) is 0 Å². The average molecular weight is 279 g/mol. The zero-order valence-electron chi connectivity index (χ0n) is 12.7. The van der Waals surface area contributed by atoms with Gasteiger partial charge in [0, 0.05) is 18.8 Å². The molecule has 1 unspecified atom stereocenters. The Hall–Kier alpha value is -1.16. The highest BCUT2D eigenvalue weighted by molar-refractivity contribution is 7.80. The Labute approximate surface area is 122 Å². The summed E-state index contributed by atoms with van der Waals surface area (Å²) in [5.41, 5.74) is 8.93. The molecule has 4 heteroatoms. The molecule has 0 fully saturated rings. The maximum Gasteiger partial charge on any atom is 0.139 e. The number of aromatic nitrogens is 1. The van der Waals surface area contributed by atoms with Crippen molar-refractivity contribution in [2.45, 2.75) is 41.0 Å². The van der Waals surface area contributed by atoms with Gasteiger partial charge in [-0.2, -0.15) is 0 Å². The van der Waals surface area contributed by atoms with Crippen LogP contribution in [0.5, 0.6) is 0 Å². The Bertz CT molecular complexity index is 457. The number of hydrogen-bond donors (Lipinski definition) is 1. The highest BCUT2D eigenvalue weighted by Gasteiger charge is 2.18. The summed E-state index contributed by atoms with van der Waals surface area (Å²) >= 11 is 5.20. The van der Waals surface area contributed by atoms with Gasteiger partial charge in [-0.05, 0) is 38.3 Å². The van der Waals surface area contributed by atoms with Gasteiger partial charge in [-0.3, -0.25) is 0 Å². The number of anilines is 1. The molecule has 1 aromatic rings. The van der Waals surface area contributed by atoms with Gasteiger partial charge in [-0.25, -0.2) is 4.98 Å². The largest absolute Gasteiger partial charge is 0.389 e. The number of pyridine rings is 1. The lowest BCUT2D eigenvalue weighted by Gasteiger charge is -2.28. The molecule has 106 valence electrons. The molecule has 0 radical (unpaired) electrons. The lowest BCUT2D eigenvalue weighted by Crippen LogP contribution is -2.31. The first-order chi connectivity index (χ1) is 8.90. The molecule has 1 heterocycles. The molecule has 2 N–H and O–H groups in total. The summed E-state index contributed by atoms with van der Waals surface area (Å²) in [4.78, 5) is 7.39. The molecule has 1 rings (SSSR count). The van der Waals surface area contributed by atoms with E-state index in [1.807, 2.05) is 19.9 Å². The van der Waals surface area contributed by atoms with Crippen LogP contribution in [0, 0.1) is 19.8 Å². The van der Waals surface area contributed by atoms with Crippen LogP contribution < -0.4 is 10.6 Å². The fourth-order valence-corrected chi connectivity index (χ4v) is 2.47. The van der Waals surface area contributed by atoms with Crippen LogP contribution in [0.2, 0.25) is 0 Å². The molecule has 0 aliphatic heterocycles. The number of rotatable bonds is 6. The molecule has 0 saturated carbocycles. The van der Waals surface area contributed by atoms with Gasteiger partial charge in [-0.1, -0.05) is 32.5 Å². The summed E-state index contributed by atoms with van der Waals surface area (Å²) in [6, 6.07) is 2.04. The van der Waals surface area contributed by atoms with Crippen molar-refractivity contribution in [3.8, 4) is 0 Å². The van der Waals surface area contributed by atoms with Crippen LogP contribution in [0.15, 0.2) is 6.07 Å². The lowest BCUT2D eigenvalue weighted by molar-refractivity contribution is 0.545. The molecule has 0 saturated heterocycles. The smallest absolute Gasteiger partial charge is 0.139 e. The minimum absolute atomic E-state index is 0.433. The number of thiocarbonyl (C=S) groups is 1. The van der Waals surface area contributed by atoms with Crippen LogP contribution in [0.4, 0.5) is 5.82 Å². The summed E-state index contributed by atoms with van der Waals surface area (Å²) in [6.07, 6.45) is 1.16. The van der Waals surface area contributed by atoms with Gasteiger partial charge in [-0.15, -0.1) is 0 Å². The van der Waals surface area contributed by atoms with Crippen LogP contribution in [-0.2, 0) is 0 Å². The highest BCUT2D eigenvalue weighted by Crippen LogP contribution is 2.23. The lowest BCUT2D eigenvalue weighted by atomic mass is 10.1. The van der Waals surface area contributed by atoms with Crippen molar-refractivity contribution < 1.29 is 0 Å². The van der Waals surface area contributed by atoms with Crippen LogP contribution in [0.3, 0.4) is 0 Å². The van der Waals surface area contributed by atoms with E-state index in [1.165, 1.54) is 0 Å². The zero-order chi connectivity index (χ0) is 14.6. The predicted octanol–water partition coefficient (Wildman–Crippen LogP) is 3.21. The van der Waals surface area contributed by atoms with E-state index in [2.05, 4.69) is 30.7 Å². The molecule has 0 aliphatic rings. The Morgan fingerprint density at radius 2 is 2.05 bits per heavy atom. The van der Waals surface area contributed by atoms with Gasteiger partial charge in [0.25, 0.3) is 0 Å². The van der Waals surface area contributed by atoms with E-state index in [4.69, 9.17) is 18.0 Å². The van der Waals surface area contributed by atoms with Gasteiger partial charge < -0.3 is 10.6 Å². The van der Waals surface area contributed by atoms with Crippen molar-refractivity contribution in [2.75, 3.05) is 18.0 Å². The predicted molar refractivity (Wildman–Crippen MR) is 86.9 cm³/mol. The van der Waals surface area contributed by atoms with Gasteiger partial charge in [0.15, 0.2) is 0 Å². The molecule has 0 bridgehead atoms. The second-order valence-corrected chi connectivity index (χ2v) is 5.64. The molecular formula is C15H25N3S. The molecule has 0 spiro atoms. The SMILES string of the molecule is CCC(C)CN(CC)c1nc(C)cc(C)c1C(N)=S. The minimum Gasteiger partial charge on any atom is -0.389 e. The van der Waals surface area contributed by atoms with Gasteiger partial charge in [0.1, 0.15) is 10.8 Å². The van der Waals surface area contributed by atoms with Crippen LogP contribution >= 0.6 is 12.2 Å². The van der Waals surface area contributed by atoms with Gasteiger partial charge in [0.2, 0.25) is 0 Å². The van der Waals surface area contributed by atoms with Crippen LogP contribution in [0.25, 0.3) is 0 Å². The topological polar surface area (TPSA) is 42.2 Å². The standard InChI is InChI=1S/C15H25N3S/c1-6-10(3)9-18(7-2)15-13(14(16)19)11(4)8-12(5)17-15/h8,10H,6-7,9H2,1-5H3,(H2,16,19). The maximum atomic E-state index is 5.89. The van der Waals surface area contributed by atoms with Crippen LogP contribution in [0.1, 0.15) is 44.0 Å². The van der Waals surface area contributed by atoms with E-state index in [1.54, 1.807) is 0 Å². The Kier molecular flexibility index (Phi) is 5.73. The summed E-state index contributed by atoms with van der Waals surface area (Å²) < 4.78 is 0. The Morgan fingerprint density at radius 1 is 1.42 bits per heavy atom. The third-order valence-corrected chi connectivity index (χ3v) is 3.69. The van der Waals surface area contributed by atoms with Crippen molar-refractivity contribution in [3.63, 3.8) is 0 Å². The quantitative estimate of drug-likeness (QED) is 0.812. The van der Waals surface area contributed by atoms with Crippen molar-refractivity contribution in [3.05, 3.63) is 22.9 Å². The van der Waals surface area contributed by atoms with Gasteiger partial charge in [0.05, 0.1) is 5.56 Å². The van der Waals surface area contributed by atoms with E-state index in [0.29, 0.717) is 10.9 Å². The fourth-order valence-electron chi connectivity index (χ4n) is 2.22. The maximum absolute atomic E-state index is 5.89. The normalized spacial score (nSPS) is 12.3. The first-order valence-corrected chi connectivity index (χ1v) is 7.34. The number of aryl methyl sites for hydroxylation is 2. The number of nitrogens with zero attached hydrogens (tertiary/aromatic N) is 2. The molecule has 0 amide bonds. The second-order valence-electron chi connectivity index (χ2n) is 5.20. The van der Waals surface area contributed by atoms with Crippen molar-refractivity contribution in [1.82, 2.24) is 4.98 Å². The average Bonchev–Trinajstić information content (AvgIpc) is 2.33. The fraction of sp³-hybridized carbons (Fsp3) is 0.600. The molecule has 1 aromatic heterocycles. The molecule has 0 aromatic carbocycles. The van der Waals surface area contributed by atoms with Crippen molar-refractivity contribution in [2.24, 2.45) is 11.7 Å². The third kappa shape index (κ3) is 3.90. The summed E-state index contributed by atoms with van der Waals surface area (Å²) in [5.74, 6) is 1.56. The van der Waals surface area contributed by atoms with E-state index in [0.717, 1.165) is 42.1 Å². The summed E-state index contributed by atoms with van der Waals surface area (Å²) in [5, 5.41) is 0. The first kappa shape index (κ1) is 15.9. The molecule has 3 nitrogen and oxygen atoms in total. The monoisotopic (exact) mass is 279 g/mol. The first-order valence-electron chi connectivity index (χ1n) is 6.93. The Balaban J connectivity index is 3.25. The molecule has 0 aliphatic carbocycles. The third-order valence-electron chi connectivity index (χ3n) is 3.48.